The second-order valence-electron chi connectivity index (χ2n) is 4.51. The zero-order valence-electron chi connectivity index (χ0n) is 11.6. The number of carbonyl (C=O) groups excluding carboxylic acids is 1. The minimum absolute atomic E-state index is 0.0780. The van der Waals surface area contributed by atoms with Gasteiger partial charge >= 0.3 is 0 Å². The first-order valence-electron chi connectivity index (χ1n) is 6.63. The van der Waals surface area contributed by atoms with Gasteiger partial charge in [0, 0.05) is 11.3 Å². The van der Waals surface area contributed by atoms with E-state index in [1.165, 1.54) is 12.1 Å². The third-order valence-corrected chi connectivity index (χ3v) is 3.74. The van der Waals surface area contributed by atoms with E-state index < -0.39 is 5.76 Å². The van der Waals surface area contributed by atoms with Crippen molar-refractivity contribution in [1.82, 2.24) is 0 Å². The van der Waals surface area contributed by atoms with Crippen LogP contribution in [0.1, 0.15) is 12.0 Å². The van der Waals surface area contributed by atoms with Crippen LogP contribution in [-0.4, -0.2) is 11.7 Å². The van der Waals surface area contributed by atoms with Gasteiger partial charge in [-0.2, -0.15) is 8.78 Å². The molecule has 1 amide bonds. The average Bonchev–Trinajstić information content (AvgIpc) is 2.48. The van der Waals surface area contributed by atoms with E-state index in [0.29, 0.717) is 27.9 Å². The summed E-state index contributed by atoms with van der Waals surface area (Å²) in [5.74, 6) is -3.26. The topological polar surface area (TPSA) is 29.1 Å². The molecular weight excluding hydrogens is 311 g/mol. The van der Waals surface area contributed by atoms with Crippen molar-refractivity contribution in [3.8, 4) is 0 Å². The van der Waals surface area contributed by atoms with E-state index in [9.17, 15) is 18.0 Å². The van der Waals surface area contributed by atoms with E-state index in [-0.39, 0.29) is 24.6 Å². The summed E-state index contributed by atoms with van der Waals surface area (Å²) < 4.78 is 38.4. The number of thioether (sulfide) groups is 1. The lowest BCUT2D eigenvalue weighted by Gasteiger charge is -2.10. The minimum Gasteiger partial charge on any atom is -0.325 e. The van der Waals surface area contributed by atoms with Crippen LogP contribution in [0.4, 0.5) is 18.9 Å². The maximum atomic E-state index is 13.5. The molecule has 0 fully saturated rings. The van der Waals surface area contributed by atoms with Crippen molar-refractivity contribution in [3.63, 3.8) is 0 Å². The van der Waals surface area contributed by atoms with Crippen molar-refractivity contribution >= 4 is 23.4 Å². The first-order valence-corrected chi connectivity index (χ1v) is 7.51. The van der Waals surface area contributed by atoms with Gasteiger partial charge in [-0.3, -0.25) is 4.79 Å². The molecule has 0 unspecified atom stereocenters. The molecule has 0 saturated heterocycles. The van der Waals surface area contributed by atoms with E-state index in [1.807, 2.05) is 0 Å². The first kappa shape index (κ1) is 16.4. The Bertz CT molecular complexity index is 649. The molecule has 0 heterocycles. The van der Waals surface area contributed by atoms with Crippen molar-refractivity contribution in [2.45, 2.75) is 23.5 Å². The monoisotopic (exact) mass is 325 g/mol. The number of halogens is 3. The third-order valence-electron chi connectivity index (χ3n) is 2.96. The predicted molar refractivity (Wildman–Crippen MR) is 81.7 cm³/mol. The van der Waals surface area contributed by atoms with E-state index >= 15 is 0 Å². The van der Waals surface area contributed by atoms with Crippen LogP contribution in [0, 0.1) is 5.82 Å². The molecule has 2 aromatic rings. The lowest BCUT2D eigenvalue weighted by molar-refractivity contribution is -0.116. The van der Waals surface area contributed by atoms with Crippen LogP contribution >= 0.6 is 11.8 Å². The van der Waals surface area contributed by atoms with Gasteiger partial charge in [-0.25, -0.2) is 4.39 Å². The van der Waals surface area contributed by atoms with Gasteiger partial charge in [-0.15, -0.1) is 0 Å². The largest absolute Gasteiger partial charge is 0.325 e. The smallest absolute Gasteiger partial charge is 0.288 e. The molecule has 6 heteroatoms. The fraction of sp³-hybridized carbons (Fsp3) is 0.188. The minimum atomic E-state index is -2.56. The highest BCUT2D eigenvalue weighted by Crippen LogP contribution is 2.31. The molecule has 0 spiro atoms. The van der Waals surface area contributed by atoms with Crippen LogP contribution in [-0.2, 0) is 11.2 Å². The zero-order valence-corrected chi connectivity index (χ0v) is 12.4. The molecule has 0 saturated carbocycles. The van der Waals surface area contributed by atoms with E-state index in [2.05, 4.69) is 5.32 Å². The number of amides is 1. The zero-order chi connectivity index (χ0) is 15.9. The second-order valence-corrected chi connectivity index (χ2v) is 5.55. The van der Waals surface area contributed by atoms with Crippen molar-refractivity contribution in [2.75, 3.05) is 5.32 Å². The number of carbonyl (C=O) groups is 1. The third kappa shape index (κ3) is 4.80. The fourth-order valence-electron chi connectivity index (χ4n) is 1.93. The number of benzene rings is 2. The number of anilines is 1. The summed E-state index contributed by atoms with van der Waals surface area (Å²) in [4.78, 5) is 12.2. The van der Waals surface area contributed by atoms with Gasteiger partial charge in [0.15, 0.2) is 0 Å². The number of hydrogen-bond donors (Lipinski definition) is 1. The summed E-state index contributed by atoms with van der Waals surface area (Å²) >= 11 is 0.376. The lowest BCUT2D eigenvalue weighted by atomic mass is 10.1. The van der Waals surface area contributed by atoms with Crippen molar-refractivity contribution < 1.29 is 18.0 Å². The Kier molecular flexibility index (Phi) is 5.89. The standard InChI is InChI=1S/C16H14F3NOS/c17-12-6-2-1-5-11(12)9-10-15(21)20-13-7-3-4-8-14(13)22-16(18)19/h1-8,16H,9-10H2,(H,20,21). The van der Waals surface area contributed by atoms with E-state index in [4.69, 9.17) is 0 Å². The highest BCUT2D eigenvalue weighted by molar-refractivity contribution is 7.99. The fourth-order valence-corrected chi connectivity index (χ4v) is 2.53. The molecule has 0 bridgehead atoms. The number of aryl methyl sites for hydroxylation is 1. The Balaban J connectivity index is 1.96. The Labute approximate surface area is 130 Å². The molecule has 2 aromatic carbocycles. The van der Waals surface area contributed by atoms with Crippen LogP contribution in [0.25, 0.3) is 0 Å². The Morgan fingerprint density at radius 1 is 1.09 bits per heavy atom. The number of hydrogen-bond acceptors (Lipinski definition) is 2. The highest BCUT2D eigenvalue weighted by atomic mass is 32.2. The second kappa shape index (κ2) is 7.89. The number of para-hydroxylation sites is 1. The SMILES string of the molecule is O=C(CCc1ccccc1F)Nc1ccccc1SC(F)F. The summed E-state index contributed by atoms with van der Waals surface area (Å²) in [5, 5.41) is 2.59. The van der Waals surface area contributed by atoms with E-state index in [0.717, 1.165) is 0 Å². The Hall–Kier alpha value is -1.95. The maximum Gasteiger partial charge on any atom is 0.288 e. The van der Waals surface area contributed by atoms with Crippen molar-refractivity contribution in [1.29, 1.82) is 0 Å². The summed E-state index contributed by atoms with van der Waals surface area (Å²) in [6.07, 6.45) is 0.331. The average molecular weight is 325 g/mol. The summed E-state index contributed by atoms with van der Waals surface area (Å²) in [6.45, 7) is 0. The molecule has 0 atom stereocenters. The number of nitrogens with one attached hydrogen (secondary N) is 1. The summed E-state index contributed by atoms with van der Waals surface area (Å²) in [5.41, 5.74) is 0.791. The molecule has 0 aromatic heterocycles. The van der Waals surface area contributed by atoms with Crippen LogP contribution in [0.5, 0.6) is 0 Å². The molecule has 0 aliphatic carbocycles. The van der Waals surface area contributed by atoms with Gasteiger partial charge in [-0.1, -0.05) is 42.1 Å². The van der Waals surface area contributed by atoms with Crippen LogP contribution in [0.3, 0.4) is 0 Å². The Morgan fingerprint density at radius 3 is 2.50 bits per heavy atom. The molecule has 116 valence electrons. The number of rotatable bonds is 6. The van der Waals surface area contributed by atoms with Gasteiger partial charge in [0.1, 0.15) is 5.82 Å². The van der Waals surface area contributed by atoms with Crippen LogP contribution < -0.4 is 5.32 Å². The van der Waals surface area contributed by atoms with E-state index in [1.54, 1.807) is 36.4 Å². The molecule has 2 nitrogen and oxygen atoms in total. The van der Waals surface area contributed by atoms with Gasteiger partial charge in [0.25, 0.3) is 5.76 Å². The molecule has 0 aliphatic heterocycles. The van der Waals surface area contributed by atoms with Gasteiger partial charge < -0.3 is 5.32 Å². The summed E-state index contributed by atoms with van der Waals surface area (Å²) in [7, 11) is 0. The van der Waals surface area contributed by atoms with Gasteiger partial charge in [-0.05, 0) is 30.2 Å². The van der Waals surface area contributed by atoms with Gasteiger partial charge in [0.2, 0.25) is 5.91 Å². The Morgan fingerprint density at radius 2 is 1.77 bits per heavy atom. The molecule has 22 heavy (non-hydrogen) atoms. The maximum absolute atomic E-state index is 13.5. The van der Waals surface area contributed by atoms with Crippen LogP contribution in [0.15, 0.2) is 53.4 Å². The molecule has 0 aliphatic rings. The van der Waals surface area contributed by atoms with Crippen molar-refractivity contribution in [2.24, 2.45) is 0 Å². The van der Waals surface area contributed by atoms with Crippen LogP contribution in [0.2, 0.25) is 0 Å². The highest BCUT2D eigenvalue weighted by Gasteiger charge is 2.12. The van der Waals surface area contributed by atoms with Gasteiger partial charge in [0.05, 0.1) is 5.69 Å². The lowest BCUT2D eigenvalue weighted by Crippen LogP contribution is -2.13. The molecule has 1 N–H and O–H groups in total. The normalized spacial score (nSPS) is 10.7. The molecular formula is C16H14F3NOS. The van der Waals surface area contributed by atoms with Crippen molar-refractivity contribution in [3.05, 3.63) is 59.9 Å². The number of alkyl halides is 2. The molecule has 2 rings (SSSR count). The summed E-state index contributed by atoms with van der Waals surface area (Å²) in [6, 6.07) is 12.6. The quantitative estimate of drug-likeness (QED) is 0.779. The predicted octanol–water partition coefficient (Wildman–Crippen LogP) is 4.71. The first-order chi connectivity index (χ1) is 10.6. The molecule has 0 radical (unpaired) electrons.